The maximum Gasteiger partial charge on any atom is 0.191 e. The maximum absolute atomic E-state index is 10.2. The minimum Gasteiger partial charge on any atom is -0.508 e. The number of nitrogens with one attached hydrogen (secondary N) is 2. The molecule has 6 nitrogen and oxygen atoms in total. The van der Waals surface area contributed by atoms with Crippen LogP contribution >= 0.6 is 0 Å². The summed E-state index contributed by atoms with van der Waals surface area (Å²) in [5, 5.41) is 16.8. The second-order valence-corrected chi connectivity index (χ2v) is 6.22. The minimum absolute atomic E-state index is 0.371. The van der Waals surface area contributed by atoms with E-state index in [1.165, 1.54) is 24.0 Å². The van der Waals surface area contributed by atoms with Gasteiger partial charge in [-0.15, -0.1) is 0 Å². The third kappa shape index (κ3) is 6.21. The van der Waals surface area contributed by atoms with E-state index in [-0.39, 0.29) is 0 Å². The highest BCUT2D eigenvalue weighted by Gasteiger charge is 2.16. The van der Waals surface area contributed by atoms with Gasteiger partial charge in [-0.05, 0) is 49.3 Å². The Bertz CT molecular complexity index is 561. The highest BCUT2D eigenvalue weighted by molar-refractivity contribution is 5.79. The van der Waals surface area contributed by atoms with Crippen LogP contribution in [0.15, 0.2) is 17.1 Å². The molecule has 0 atom stereocenters. The van der Waals surface area contributed by atoms with Crippen molar-refractivity contribution < 1.29 is 14.6 Å². The molecular formula is C19H31N3O3. The molecule has 0 aliphatic heterocycles. The number of methoxy groups -OCH3 is 1. The van der Waals surface area contributed by atoms with Crippen LogP contribution < -0.4 is 10.6 Å². The first-order chi connectivity index (χ1) is 12.3. The fourth-order valence-corrected chi connectivity index (χ4v) is 3.11. The summed E-state index contributed by atoms with van der Waals surface area (Å²) in [4.78, 5) is 4.24. The zero-order valence-corrected chi connectivity index (χ0v) is 15.4. The molecule has 0 spiro atoms. The lowest BCUT2D eigenvalue weighted by Gasteiger charge is -2.21. The van der Waals surface area contributed by atoms with Gasteiger partial charge in [-0.1, -0.05) is 6.07 Å². The first kappa shape index (κ1) is 19.5. The van der Waals surface area contributed by atoms with Gasteiger partial charge >= 0.3 is 0 Å². The zero-order valence-electron chi connectivity index (χ0n) is 15.4. The summed E-state index contributed by atoms with van der Waals surface area (Å²) in [6.07, 6.45) is 5.49. The monoisotopic (exact) mass is 349 g/mol. The van der Waals surface area contributed by atoms with Crippen molar-refractivity contribution in [3.63, 3.8) is 0 Å². The summed E-state index contributed by atoms with van der Waals surface area (Å²) in [7, 11) is 3.42. The Morgan fingerprint density at radius 3 is 2.80 bits per heavy atom. The molecular weight excluding hydrogens is 318 g/mol. The largest absolute Gasteiger partial charge is 0.508 e. The summed E-state index contributed by atoms with van der Waals surface area (Å²) >= 11 is 0. The molecule has 0 radical (unpaired) electrons. The van der Waals surface area contributed by atoms with Gasteiger partial charge in [-0.3, -0.25) is 4.99 Å². The van der Waals surface area contributed by atoms with Gasteiger partial charge in [-0.25, -0.2) is 0 Å². The zero-order chi connectivity index (χ0) is 17.9. The van der Waals surface area contributed by atoms with E-state index in [0.717, 1.165) is 37.3 Å². The Kier molecular flexibility index (Phi) is 8.55. The van der Waals surface area contributed by atoms with Crippen molar-refractivity contribution in [2.75, 3.05) is 40.5 Å². The number of phenolic OH excluding ortho intramolecular Hbond substituents is 1. The van der Waals surface area contributed by atoms with Crippen molar-refractivity contribution in [1.82, 2.24) is 10.6 Å². The topological polar surface area (TPSA) is 75.1 Å². The van der Waals surface area contributed by atoms with Crippen molar-refractivity contribution in [3.8, 4) is 5.75 Å². The number of hydrogen-bond acceptors (Lipinski definition) is 4. The molecule has 0 heterocycles. The molecule has 1 aromatic carbocycles. The number of rotatable bonds is 9. The van der Waals surface area contributed by atoms with E-state index < -0.39 is 0 Å². The van der Waals surface area contributed by atoms with Crippen LogP contribution in [-0.2, 0) is 28.9 Å². The van der Waals surface area contributed by atoms with Crippen molar-refractivity contribution in [1.29, 1.82) is 0 Å². The van der Waals surface area contributed by atoms with E-state index in [1.54, 1.807) is 14.2 Å². The summed E-state index contributed by atoms with van der Waals surface area (Å²) in [5.41, 5.74) is 3.68. The Hall–Kier alpha value is -1.79. The number of hydrogen-bond donors (Lipinski definition) is 3. The van der Waals surface area contributed by atoms with Crippen molar-refractivity contribution >= 4 is 5.96 Å². The highest BCUT2D eigenvalue weighted by Crippen LogP contribution is 2.30. The predicted molar refractivity (Wildman–Crippen MR) is 100 cm³/mol. The molecule has 0 amide bonds. The fraction of sp³-hybridized carbons (Fsp3) is 0.632. The number of phenols is 1. The Labute approximate surface area is 150 Å². The summed E-state index contributed by atoms with van der Waals surface area (Å²) in [5.74, 6) is 1.11. The number of nitrogens with zero attached hydrogens (tertiary/aromatic N) is 1. The van der Waals surface area contributed by atoms with Gasteiger partial charge < -0.3 is 25.2 Å². The molecule has 0 saturated carbocycles. The molecule has 2 rings (SSSR count). The molecule has 0 saturated heterocycles. The molecule has 25 heavy (non-hydrogen) atoms. The molecule has 1 aliphatic carbocycles. The molecule has 6 heteroatoms. The van der Waals surface area contributed by atoms with E-state index >= 15 is 0 Å². The number of guanidine groups is 1. The Morgan fingerprint density at radius 1 is 1.16 bits per heavy atom. The van der Waals surface area contributed by atoms with Crippen LogP contribution in [0.1, 0.15) is 36.0 Å². The van der Waals surface area contributed by atoms with Crippen LogP contribution in [-0.4, -0.2) is 51.6 Å². The average Bonchev–Trinajstić information content (AvgIpc) is 2.64. The number of ether oxygens (including phenoxy) is 2. The van der Waals surface area contributed by atoms with Gasteiger partial charge in [0.25, 0.3) is 0 Å². The fourth-order valence-electron chi connectivity index (χ4n) is 3.11. The summed E-state index contributed by atoms with van der Waals surface area (Å²) in [6, 6.07) is 3.87. The number of benzene rings is 1. The van der Waals surface area contributed by atoms with E-state index in [2.05, 4.69) is 21.7 Å². The lowest BCUT2D eigenvalue weighted by Crippen LogP contribution is -2.37. The van der Waals surface area contributed by atoms with Gasteiger partial charge in [-0.2, -0.15) is 0 Å². The van der Waals surface area contributed by atoms with Crippen molar-refractivity contribution in [2.45, 2.75) is 38.6 Å². The third-order valence-electron chi connectivity index (χ3n) is 4.47. The highest BCUT2D eigenvalue weighted by atomic mass is 16.5. The summed E-state index contributed by atoms with van der Waals surface area (Å²) in [6.45, 7) is 3.31. The SMILES string of the molecule is CN=C(NCCCOCCOC)NCc1c(O)ccc2c1CCCC2. The molecule has 1 aliphatic rings. The van der Waals surface area contributed by atoms with Crippen molar-refractivity contribution in [2.24, 2.45) is 4.99 Å². The lowest BCUT2D eigenvalue weighted by molar-refractivity contribution is 0.0698. The van der Waals surface area contributed by atoms with Crippen LogP contribution in [0.2, 0.25) is 0 Å². The molecule has 3 N–H and O–H groups in total. The third-order valence-corrected chi connectivity index (χ3v) is 4.47. The standard InChI is InChI=1S/C19H31N3O3/c1-20-19(21-10-5-11-25-13-12-24-2)22-14-17-16-7-4-3-6-15(16)8-9-18(17)23/h8-9,23H,3-7,10-14H2,1-2H3,(H2,20,21,22). The molecule has 0 fully saturated rings. The quantitative estimate of drug-likeness (QED) is 0.361. The number of aromatic hydroxyl groups is 1. The molecule has 140 valence electrons. The number of aryl methyl sites for hydroxylation is 1. The van der Waals surface area contributed by atoms with Crippen molar-refractivity contribution in [3.05, 3.63) is 28.8 Å². The molecule has 0 unspecified atom stereocenters. The Morgan fingerprint density at radius 2 is 2.00 bits per heavy atom. The second-order valence-electron chi connectivity index (χ2n) is 6.22. The van der Waals surface area contributed by atoms with Gasteiger partial charge in [0, 0.05) is 39.4 Å². The van der Waals surface area contributed by atoms with Gasteiger partial charge in [0.2, 0.25) is 0 Å². The van der Waals surface area contributed by atoms with E-state index in [1.807, 2.05) is 6.07 Å². The molecule has 0 aromatic heterocycles. The second kappa shape index (κ2) is 10.9. The van der Waals surface area contributed by atoms with Crippen LogP contribution in [0, 0.1) is 0 Å². The van der Waals surface area contributed by atoms with E-state index in [0.29, 0.717) is 32.1 Å². The minimum atomic E-state index is 0.371. The van der Waals surface area contributed by atoms with Gasteiger partial charge in [0.1, 0.15) is 5.75 Å². The predicted octanol–water partition coefficient (Wildman–Crippen LogP) is 1.99. The first-order valence-corrected chi connectivity index (χ1v) is 9.10. The Balaban J connectivity index is 1.77. The van der Waals surface area contributed by atoms with E-state index in [9.17, 15) is 5.11 Å². The number of fused-ring (bicyclic) bond motifs is 1. The van der Waals surface area contributed by atoms with Crippen LogP contribution in [0.5, 0.6) is 5.75 Å². The smallest absolute Gasteiger partial charge is 0.191 e. The van der Waals surface area contributed by atoms with Gasteiger partial charge in [0.15, 0.2) is 5.96 Å². The number of aliphatic imine (C=N–C) groups is 1. The van der Waals surface area contributed by atoms with Crippen LogP contribution in [0.4, 0.5) is 0 Å². The van der Waals surface area contributed by atoms with Crippen LogP contribution in [0.25, 0.3) is 0 Å². The normalized spacial score (nSPS) is 14.2. The van der Waals surface area contributed by atoms with E-state index in [4.69, 9.17) is 9.47 Å². The summed E-state index contributed by atoms with van der Waals surface area (Å²) < 4.78 is 10.4. The molecule has 0 bridgehead atoms. The maximum atomic E-state index is 10.2. The average molecular weight is 349 g/mol. The van der Waals surface area contributed by atoms with Gasteiger partial charge in [0.05, 0.1) is 13.2 Å². The van der Waals surface area contributed by atoms with Crippen LogP contribution in [0.3, 0.4) is 0 Å². The molecule has 1 aromatic rings. The first-order valence-electron chi connectivity index (χ1n) is 9.10. The lowest BCUT2D eigenvalue weighted by atomic mass is 9.88.